The fourth-order valence-electron chi connectivity index (χ4n) is 2.86. The van der Waals surface area contributed by atoms with E-state index in [2.05, 4.69) is 14.5 Å². The monoisotopic (exact) mass is 436 g/mol. The van der Waals surface area contributed by atoms with Crippen molar-refractivity contribution < 1.29 is 33.2 Å². The lowest BCUT2D eigenvalue weighted by atomic mass is 9.98. The Morgan fingerprint density at radius 3 is 2.80 bits per heavy atom. The number of aliphatic imine (C=N–C) groups is 1. The molecule has 0 bridgehead atoms. The van der Waals surface area contributed by atoms with Crippen LogP contribution in [0.5, 0.6) is 0 Å². The second-order valence-corrected chi connectivity index (χ2v) is 8.12. The van der Waals surface area contributed by atoms with Crippen LogP contribution >= 0.6 is 7.82 Å². The topological polar surface area (TPSA) is 135 Å². The van der Waals surface area contributed by atoms with Crippen molar-refractivity contribution in [2.24, 2.45) is 4.99 Å². The van der Waals surface area contributed by atoms with Gasteiger partial charge in [0, 0.05) is 30.3 Å². The molecule has 30 heavy (non-hydrogen) atoms. The van der Waals surface area contributed by atoms with Crippen molar-refractivity contribution in [1.82, 2.24) is 4.98 Å². The first-order valence-corrected chi connectivity index (χ1v) is 11.1. The van der Waals surface area contributed by atoms with Crippen molar-refractivity contribution >= 4 is 30.8 Å². The summed E-state index contributed by atoms with van der Waals surface area (Å²) in [5, 5.41) is 0.986. The van der Waals surface area contributed by atoms with E-state index in [0.717, 1.165) is 22.0 Å². The van der Waals surface area contributed by atoms with E-state index in [0.29, 0.717) is 19.4 Å². The standard InChI is InChI=1S/C20H25N2O7P/c1-15(12-21-14-23)17-6-7-19-18(11-17)10-16(13-22-19)4-2-5-20(24)28-8-3-9-29-30(25,26)27/h6-7,10-11,13,15H,2-5,8-9,12H2,1H3,(H2,25,26,27). The summed E-state index contributed by atoms with van der Waals surface area (Å²) < 4.78 is 19.8. The molecular formula is C20H25N2O7P. The highest BCUT2D eigenvalue weighted by Crippen LogP contribution is 2.35. The molecule has 2 N–H and O–H groups in total. The SMILES string of the molecule is CC(CN=C=O)c1ccc2ncc(CCCC(=O)OCCCOP(=O)(O)O)cc2c1. The van der Waals surface area contributed by atoms with E-state index in [9.17, 15) is 14.2 Å². The summed E-state index contributed by atoms with van der Waals surface area (Å²) >= 11 is 0. The number of carbonyl (C=O) groups is 1. The highest BCUT2D eigenvalue weighted by Gasteiger charge is 2.13. The molecule has 0 aliphatic rings. The van der Waals surface area contributed by atoms with Gasteiger partial charge in [-0.3, -0.25) is 14.3 Å². The number of hydrogen-bond donors (Lipinski definition) is 2. The molecule has 0 aliphatic carbocycles. The first-order valence-electron chi connectivity index (χ1n) is 9.56. The summed E-state index contributed by atoms with van der Waals surface area (Å²) in [5.41, 5.74) is 2.93. The lowest BCUT2D eigenvalue weighted by molar-refractivity contribution is -0.143. The number of fused-ring (bicyclic) bond motifs is 1. The van der Waals surface area contributed by atoms with Crippen LogP contribution in [-0.2, 0) is 29.8 Å². The Kier molecular flexibility index (Phi) is 9.30. The number of benzene rings is 1. The first-order chi connectivity index (χ1) is 14.3. The number of pyridine rings is 1. The molecule has 0 aliphatic heterocycles. The van der Waals surface area contributed by atoms with Gasteiger partial charge < -0.3 is 14.5 Å². The number of aryl methyl sites for hydroxylation is 1. The van der Waals surface area contributed by atoms with Crippen LogP contribution in [0.3, 0.4) is 0 Å². The summed E-state index contributed by atoms with van der Waals surface area (Å²) in [6.45, 7) is 2.24. The summed E-state index contributed by atoms with van der Waals surface area (Å²) in [6.07, 6.45) is 5.04. The van der Waals surface area contributed by atoms with Crippen LogP contribution in [0.2, 0.25) is 0 Å². The average Bonchev–Trinajstić information content (AvgIpc) is 2.70. The fourth-order valence-corrected chi connectivity index (χ4v) is 3.22. The minimum Gasteiger partial charge on any atom is -0.466 e. The molecule has 0 saturated heterocycles. The number of isocyanates is 1. The molecule has 1 heterocycles. The van der Waals surface area contributed by atoms with Gasteiger partial charge in [0.05, 0.1) is 25.3 Å². The Bertz CT molecular complexity index is 953. The van der Waals surface area contributed by atoms with Gasteiger partial charge in [-0.1, -0.05) is 13.0 Å². The number of ether oxygens (including phenoxy) is 1. The molecule has 1 atom stereocenters. The number of esters is 1. The second-order valence-electron chi connectivity index (χ2n) is 6.88. The lowest BCUT2D eigenvalue weighted by Crippen LogP contribution is -2.08. The first kappa shape index (κ1) is 23.9. The largest absolute Gasteiger partial charge is 0.469 e. The van der Waals surface area contributed by atoms with E-state index in [1.54, 1.807) is 12.3 Å². The summed E-state index contributed by atoms with van der Waals surface area (Å²) in [4.78, 5) is 47.2. The Morgan fingerprint density at radius 1 is 1.27 bits per heavy atom. The van der Waals surface area contributed by atoms with Gasteiger partial charge in [0.2, 0.25) is 6.08 Å². The van der Waals surface area contributed by atoms with Gasteiger partial charge >= 0.3 is 13.8 Å². The zero-order chi connectivity index (χ0) is 22.0. The third-order valence-corrected chi connectivity index (χ3v) is 4.94. The minimum atomic E-state index is -4.48. The number of phosphoric acid groups is 1. The number of aromatic nitrogens is 1. The van der Waals surface area contributed by atoms with Crippen molar-refractivity contribution in [3.63, 3.8) is 0 Å². The third kappa shape index (κ3) is 8.53. The van der Waals surface area contributed by atoms with E-state index < -0.39 is 7.82 Å². The lowest BCUT2D eigenvalue weighted by Gasteiger charge is -2.10. The van der Waals surface area contributed by atoms with Crippen LogP contribution in [0.15, 0.2) is 35.5 Å². The number of hydrogen-bond acceptors (Lipinski definition) is 7. The molecular weight excluding hydrogens is 411 g/mol. The molecule has 0 fully saturated rings. The summed E-state index contributed by atoms with van der Waals surface area (Å²) in [5.74, 6) is -0.270. The van der Waals surface area contributed by atoms with E-state index in [1.807, 2.05) is 31.2 Å². The van der Waals surface area contributed by atoms with Crippen molar-refractivity contribution in [2.75, 3.05) is 19.8 Å². The van der Waals surface area contributed by atoms with Crippen LogP contribution in [0.4, 0.5) is 0 Å². The van der Waals surface area contributed by atoms with E-state index in [-0.39, 0.29) is 37.9 Å². The van der Waals surface area contributed by atoms with Gasteiger partial charge in [-0.2, -0.15) is 0 Å². The van der Waals surface area contributed by atoms with Gasteiger partial charge in [-0.15, -0.1) is 0 Å². The third-order valence-electron chi connectivity index (χ3n) is 4.42. The smallest absolute Gasteiger partial charge is 0.466 e. The highest BCUT2D eigenvalue weighted by molar-refractivity contribution is 7.46. The van der Waals surface area contributed by atoms with Crippen molar-refractivity contribution in [2.45, 2.75) is 38.5 Å². The summed E-state index contributed by atoms with van der Waals surface area (Å²) in [6, 6.07) is 7.97. The Hall–Kier alpha value is -2.41. The zero-order valence-corrected chi connectivity index (χ0v) is 17.6. The van der Waals surface area contributed by atoms with Crippen LogP contribution in [0, 0.1) is 0 Å². The fraction of sp³-hybridized carbons (Fsp3) is 0.450. The van der Waals surface area contributed by atoms with E-state index >= 15 is 0 Å². The number of rotatable bonds is 12. The summed E-state index contributed by atoms with van der Waals surface area (Å²) in [7, 11) is -4.48. The van der Waals surface area contributed by atoms with Crippen LogP contribution < -0.4 is 0 Å². The van der Waals surface area contributed by atoms with Crippen molar-refractivity contribution in [1.29, 1.82) is 0 Å². The molecule has 10 heteroatoms. The number of phosphoric ester groups is 1. The number of carbonyl (C=O) groups excluding carboxylic acids is 2. The van der Waals surface area contributed by atoms with Gasteiger partial charge in [0.25, 0.3) is 0 Å². The average molecular weight is 436 g/mol. The van der Waals surface area contributed by atoms with Gasteiger partial charge in [0.1, 0.15) is 0 Å². The Morgan fingerprint density at radius 2 is 2.07 bits per heavy atom. The molecule has 1 aromatic carbocycles. The normalized spacial score (nSPS) is 12.4. The maximum atomic E-state index is 11.7. The van der Waals surface area contributed by atoms with Crippen molar-refractivity contribution in [3.8, 4) is 0 Å². The molecule has 0 spiro atoms. The van der Waals surface area contributed by atoms with Gasteiger partial charge in [-0.25, -0.2) is 14.4 Å². The maximum Gasteiger partial charge on any atom is 0.469 e. The highest BCUT2D eigenvalue weighted by atomic mass is 31.2. The van der Waals surface area contributed by atoms with Gasteiger partial charge in [0.15, 0.2) is 0 Å². The molecule has 2 rings (SSSR count). The number of nitrogens with zero attached hydrogens (tertiary/aromatic N) is 2. The predicted molar refractivity (Wildman–Crippen MR) is 110 cm³/mol. The molecule has 9 nitrogen and oxygen atoms in total. The maximum absolute atomic E-state index is 11.7. The van der Waals surface area contributed by atoms with Crippen LogP contribution in [-0.4, -0.2) is 46.6 Å². The predicted octanol–water partition coefficient (Wildman–Crippen LogP) is 3.04. The van der Waals surface area contributed by atoms with E-state index in [1.165, 1.54) is 0 Å². The molecule has 0 radical (unpaired) electrons. The quantitative estimate of drug-likeness (QED) is 0.170. The van der Waals surface area contributed by atoms with Crippen LogP contribution in [0.25, 0.3) is 10.9 Å². The van der Waals surface area contributed by atoms with Crippen LogP contribution in [0.1, 0.15) is 43.2 Å². The zero-order valence-electron chi connectivity index (χ0n) is 16.7. The molecule has 0 amide bonds. The molecule has 2 aromatic rings. The van der Waals surface area contributed by atoms with Gasteiger partial charge in [-0.05, 0) is 42.2 Å². The second kappa shape index (κ2) is 11.7. The minimum absolute atomic E-state index is 0.0471. The van der Waals surface area contributed by atoms with Crippen molar-refractivity contribution in [3.05, 3.63) is 41.6 Å². The Labute approximate surface area is 174 Å². The molecule has 0 saturated carbocycles. The molecule has 1 unspecified atom stereocenters. The Balaban J connectivity index is 1.80. The van der Waals surface area contributed by atoms with E-state index in [4.69, 9.17) is 14.5 Å². The molecule has 162 valence electrons. The molecule has 1 aromatic heterocycles.